The molecule has 0 radical (unpaired) electrons. The van der Waals surface area contributed by atoms with Gasteiger partial charge in [-0.05, 0) is 25.0 Å². The van der Waals surface area contributed by atoms with Crippen molar-refractivity contribution >= 4 is 24.1 Å². The van der Waals surface area contributed by atoms with E-state index in [1.807, 2.05) is 13.8 Å². The second-order valence-corrected chi connectivity index (χ2v) is 9.92. The lowest BCUT2D eigenvalue weighted by atomic mass is 10.2. The molecule has 2 rings (SSSR count). The molecule has 0 fully saturated rings. The van der Waals surface area contributed by atoms with Crippen molar-refractivity contribution in [2.75, 3.05) is 0 Å². The minimum Gasteiger partial charge on any atom is -0.359 e. The minimum atomic E-state index is -4.31. The zero-order valence-corrected chi connectivity index (χ0v) is 15.5. The van der Waals surface area contributed by atoms with Crippen LogP contribution in [0.3, 0.4) is 0 Å². The predicted molar refractivity (Wildman–Crippen MR) is 96.2 cm³/mol. The SMILES string of the molecule is Cc1ccc(CS(=O)(=O)C(=[N+]=[N-])S(=O)(=O)Cc2ccc(C)cc2)cc1. The zero-order valence-electron chi connectivity index (χ0n) is 13.9. The van der Waals surface area contributed by atoms with Crippen LogP contribution in [0.5, 0.6) is 0 Å². The Kier molecular flexibility index (Phi) is 5.57. The third kappa shape index (κ3) is 4.85. The topological polar surface area (TPSA) is 105 Å². The predicted octanol–water partition coefficient (Wildman–Crippen LogP) is 2.42. The normalized spacial score (nSPS) is 11.8. The van der Waals surface area contributed by atoms with Crippen molar-refractivity contribution in [3.8, 4) is 0 Å². The summed E-state index contributed by atoms with van der Waals surface area (Å²) < 4.78 is 48.5. The van der Waals surface area contributed by atoms with Crippen molar-refractivity contribution < 1.29 is 21.6 Å². The molecule has 0 saturated heterocycles. The van der Waals surface area contributed by atoms with E-state index in [1.54, 1.807) is 48.5 Å². The average Bonchev–Trinajstić information content (AvgIpc) is 2.51. The van der Waals surface area contributed by atoms with Crippen molar-refractivity contribution in [3.05, 3.63) is 76.3 Å². The molecule has 0 aliphatic heterocycles. The molecule has 0 N–H and O–H groups in total. The summed E-state index contributed by atoms with van der Waals surface area (Å²) in [6, 6.07) is 13.3. The molecular weight excluding hydrogens is 360 g/mol. The van der Waals surface area contributed by atoms with Crippen LogP contribution in [0.15, 0.2) is 48.5 Å². The van der Waals surface area contributed by atoms with Crippen molar-refractivity contribution in [3.63, 3.8) is 0 Å². The quantitative estimate of drug-likeness (QED) is 0.352. The first-order valence-electron chi connectivity index (χ1n) is 7.43. The fourth-order valence-corrected chi connectivity index (χ4v) is 5.91. The number of nitrogens with zero attached hydrogens (tertiary/aromatic N) is 2. The summed E-state index contributed by atoms with van der Waals surface area (Å²) in [4.78, 5) is 2.60. The first kappa shape index (κ1) is 19.1. The lowest BCUT2D eigenvalue weighted by molar-refractivity contribution is 0.00377. The van der Waals surface area contributed by atoms with Gasteiger partial charge in [0.15, 0.2) is 0 Å². The van der Waals surface area contributed by atoms with E-state index in [0.717, 1.165) is 11.1 Å². The molecule has 8 heteroatoms. The summed E-state index contributed by atoms with van der Waals surface area (Å²) >= 11 is 0. The van der Waals surface area contributed by atoms with Gasteiger partial charge in [0.25, 0.3) is 19.7 Å². The Balaban J connectivity index is 2.31. The number of hydrogen-bond donors (Lipinski definition) is 0. The molecule has 0 spiro atoms. The van der Waals surface area contributed by atoms with Gasteiger partial charge in [-0.25, -0.2) is 16.8 Å². The van der Waals surface area contributed by atoms with Gasteiger partial charge in [0.2, 0.25) is 0 Å². The highest BCUT2D eigenvalue weighted by molar-refractivity contribution is 8.30. The van der Waals surface area contributed by atoms with Crippen LogP contribution >= 0.6 is 0 Å². The number of hydrogen-bond acceptors (Lipinski definition) is 4. The van der Waals surface area contributed by atoms with E-state index in [4.69, 9.17) is 5.53 Å². The van der Waals surface area contributed by atoms with E-state index in [9.17, 15) is 16.8 Å². The summed E-state index contributed by atoms with van der Waals surface area (Å²) in [6.07, 6.45) is 0. The Morgan fingerprint density at radius 3 is 1.36 bits per heavy atom. The maximum Gasteiger partial charge on any atom is 0.495 e. The molecule has 0 unspecified atom stereocenters. The van der Waals surface area contributed by atoms with Crippen LogP contribution in [0.2, 0.25) is 0 Å². The Hall–Kier alpha value is -2.28. The highest BCUT2D eigenvalue weighted by Crippen LogP contribution is 2.15. The maximum atomic E-state index is 12.4. The van der Waals surface area contributed by atoms with Crippen LogP contribution in [0.25, 0.3) is 5.53 Å². The van der Waals surface area contributed by atoms with Gasteiger partial charge in [0.1, 0.15) is 0 Å². The standard InChI is InChI=1S/C17H18N2O4S2/c1-13-3-7-15(8-4-13)11-24(20,21)17(19-18)25(22,23)12-16-9-5-14(2)6-10-16/h3-10H,11-12H2,1-2H3. The van der Waals surface area contributed by atoms with E-state index in [1.165, 1.54) is 0 Å². The molecule has 0 atom stereocenters. The average molecular weight is 378 g/mol. The molecule has 0 aliphatic carbocycles. The summed E-state index contributed by atoms with van der Waals surface area (Å²) in [7, 11) is -8.62. The summed E-state index contributed by atoms with van der Waals surface area (Å²) in [5.74, 6) is -1.11. The summed E-state index contributed by atoms with van der Waals surface area (Å²) in [6.45, 7) is 3.70. The number of sulfone groups is 2. The van der Waals surface area contributed by atoms with Crippen molar-refractivity contribution in [1.82, 2.24) is 0 Å². The van der Waals surface area contributed by atoms with E-state index >= 15 is 0 Å². The van der Waals surface area contributed by atoms with Crippen LogP contribution < -0.4 is 0 Å². The van der Waals surface area contributed by atoms with Gasteiger partial charge in [-0.1, -0.05) is 59.7 Å². The van der Waals surface area contributed by atoms with Crippen LogP contribution in [0, 0.1) is 13.8 Å². The fourth-order valence-electron chi connectivity index (χ4n) is 2.25. The van der Waals surface area contributed by atoms with Crippen LogP contribution in [-0.2, 0) is 31.2 Å². The second kappa shape index (κ2) is 7.31. The van der Waals surface area contributed by atoms with Gasteiger partial charge in [-0.2, -0.15) is 0 Å². The Bertz CT molecular complexity index is 938. The fraction of sp³-hybridized carbons (Fsp3) is 0.235. The van der Waals surface area contributed by atoms with Crippen LogP contribution in [0.1, 0.15) is 22.3 Å². The first-order valence-corrected chi connectivity index (χ1v) is 10.7. The molecule has 0 aliphatic rings. The van der Waals surface area contributed by atoms with Crippen LogP contribution in [0.4, 0.5) is 0 Å². The molecule has 2 aromatic rings. The van der Waals surface area contributed by atoms with E-state index in [-0.39, 0.29) is 0 Å². The molecule has 132 valence electrons. The van der Waals surface area contributed by atoms with Gasteiger partial charge in [0, 0.05) is 0 Å². The van der Waals surface area contributed by atoms with Crippen molar-refractivity contribution in [2.45, 2.75) is 25.4 Å². The van der Waals surface area contributed by atoms with E-state index in [0.29, 0.717) is 11.1 Å². The smallest absolute Gasteiger partial charge is 0.359 e. The largest absolute Gasteiger partial charge is 0.495 e. The van der Waals surface area contributed by atoms with Crippen molar-refractivity contribution in [1.29, 1.82) is 0 Å². The van der Waals surface area contributed by atoms with Gasteiger partial charge in [0.05, 0.1) is 11.5 Å². The Morgan fingerprint density at radius 2 is 1.08 bits per heavy atom. The van der Waals surface area contributed by atoms with Crippen molar-refractivity contribution in [2.24, 2.45) is 0 Å². The van der Waals surface area contributed by atoms with E-state index < -0.39 is 35.6 Å². The Labute approximate surface area is 147 Å². The monoisotopic (exact) mass is 378 g/mol. The molecule has 0 bridgehead atoms. The molecular formula is C17H18N2O4S2. The third-order valence-corrected chi connectivity index (χ3v) is 7.75. The molecule has 25 heavy (non-hydrogen) atoms. The molecule has 0 amide bonds. The number of aryl methyl sites for hydroxylation is 2. The first-order chi connectivity index (χ1) is 11.6. The van der Waals surface area contributed by atoms with Gasteiger partial charge < -0.3 is 5.53 Å². The highest BCUT2D eigenvalue weighted by Gasteiger charge is 2.41. The Morgan fingerprint density at radius 1 is 0.760 bits per heavy atom. The van der Waals surface area contributed by atoms with Gasteiger partial charge in [-0.3, -0.25) is 0 Å². The van der Waals surface area contributed by atoms with Crippen LogP contribution in [-0.4, -0.2) is 26.0 Å². The lowest BCUT2D eigenvalue weighted by Gasteiger charge is -2.04. The lowest BCUT2D eigenvalue weighted by Crippen LogP contribution is -2.28. The summed E-state index contributed by atoms with van der Waals surface area (Å²) in [5.41, 5.74) is 11.8. The summed E-state index contributed by atoms with van der Waals surface area (Å²) in [5, 5.41) is 0. The molecule has 0 heterocycles. The van der Waals surface area contributed by atoms with E-state index in [2.05, 4.69) is 4.79 Å². The zero-order chi connectivity index (χ0) is 18.7. The number of rotatable bonds is 4. The second-order valence-electron chi connectivity index (χ2n) is 5.86. The molecule has 0 aromatic heterocycles. The van der Waals surface area contributed by atoms with Gasteiger partial charge >= 0.3 is 4.38 Å². The molecule has 0 saturated carbocycles. The molecule has 2 aromatic carbocycles. The number of benzene rings is 2. The van der Waals surface area contributed by atoms with Gasteiger partial charge in [-0.15, -0.1) is 4.79 Å². The highest BCUT2D eigenvalue weighted by atomic mass is 32.3. The minimum absolute atomic E-state index is 0.414. The maximum absolute atomic E-state index is 12.4. The molecule has 6 nitrogen and oxygen atoms in total. The third-order valence-electron chi connectivity index (χ3n) is 3.57.